The standard InChI is InChI=1S/C18H36N2O/c1-14(2)11-13-20(16-7-8-16)17(21)9-6-15(10-12-19)18(3,4)5/h14-16H,6-13,19H2,1-5H3. The molecule has 2 N–H and O–H groups in total. The fourth-order valence-electron chi connectivity index (χ4n) is 2.95. The molecule has 0 radical (unpaired) electrons. The Kier molecular flexibility index (Phi) is 7.19. The van der Waals surface area contributed by atoms with Gasteiger partial charge in [-0.1, -0.05) is 34.6 Å². The quantitative estimate of drug-likeness (QED) is 0.703. The molecule has 0 bridgehead atoms. The van der Waals surface area contributed by atoms with E-state index >= 15 is 0 Å². The zero-order valence-corrected chi connectivity index (χ0v) is 14.8. The van der Waals surface area contributed by atoms with Gasteiger partial charge < -0.3 is 10.6 Å². The van der Waals surface area contributed by atoms with Gasteiger partial charge in [0, 0.05) is 19.0 Å². The Balaban J connectivity index is 2.48. The van der Waals surface area contributed by atoms with Crippen LogP contribution in [-0.2, 0) is 4.79 Å². The molecule has 1 fully saturated rings. The average Bonchev–Trinajstić information content (AvgIpc) is 3.17. The maximum Gasteiger partial charge on any atom is 0.222 e. The molecule has 1 unspecified atom stereocenters. The first-order valence-electron chi connectivity index (χ1n) is 8.75. The van der Waals surface area contributed by atoms with Crippen molar-refractivity contribution in [2.75, 3.05) is 13.1 Å². The lowest BCUT2D eigenvalue weighted by atomic mass is 9.76. The molecule has 0 heterocycles. The van der Waals surface area contributed by atoms with Gasteiger partial charge in [-0.05, 0) is 55.9 Å². The van der Waals surface area contributed by atoms with Gasteiger partial charge in [-0.15, -0.1) is 0 Å². The fourth-order valence-corrected chi connectivity index (χ4v) is 2.95. The van der Waals surface area contributed by atoms with E-state index in [0.29, 0.717) is 30.2 Å². The number of carbonyl (C=O) groups is 1. The minimum atomic E-state index is 0.238. The predicted octanol–water partition coefficient (Wildman–Crippen LogP) is 3.81. The minimum Gasteiger partial charge on any atom is -0.340 e. The van der Waals surface area contributed by atoms with Gasteiger partial charge in [0.15, 0.2) is 0 Å². The van der Waals surface area contributed by atoms with Crippen molar-refractivity contribution in [2.45, 2.75) is 79.2 Å². The molecule has 1 aliphatic rings. The summed E-state index contributed by atoms with van der Waals surface area (Å²) in [5.74, 6) is 1.57. The average molecular weight is 296 g/mol. The molecule has 0 aromatic heterocycles. The molecule has 1 saturated carbocycles. The third-order valence-electron chi connectivity index (χ3n) is 4.70. The van der Waals surface area contributed by atoms with Crippen molar-refractivity contribution in [3.05, 3.63) is 0 Å². The van der Waals surface area contributed by atoms with E-state index in [0.717, 1.165) is 32.4 Å². The zero-order valence-electron chi connectivity index (χ0n) is 14.8. The number of amides is 1. The summed E-state index contributed by atoms with van der Waals surface area (Å²) in [5, 5.41) is 0. The molecular weight excluding hydrogens is 260 g/mol. The zero-order chi connectivity index (χ0) is 16.0. The summed E-state index contributed by atoms with van der Waals surface area (Å²) in [6.45, 7) is 12.9. The van der Waals surface area contributed by atoms with Gasteiger partial charge in [0.25, 0.3) is 0 Å². The van der Waals surface area contributed by atoms with Crippen molar-refractivity contribution in [1.29, 1.82) is 0 Å². The SMILES string of the molecule is CC(C)CCN(C(=O)CCC(CCN)C(C)(C)C)C1CC1. The van der Waals surface area contributed by atoms with Gasteiger partial charge in [0.2, 0.25) is 5.91 Å². The van der Waals surface area contributed by atoms with Crippen molar-refractivity contribution in [1.82, 2.24) is 4.90 Å². The van der Waals surface area contributed by atoms with Gasteiger partial charge in [-0.3, -0.25) is 4.79 Å². The second-order valence-corrected chi connectivity index (χ2v) is 8.18. The Hall–Kier alpha value is -0.570. The summed E-state index contributed by atoms with van der Waals surface area (Å²) >= 11 is 0. The third-order valence-corrected chi connectivity index (χ3v) is 4.70. The maximum atomic E-state index is 12.6. The predicted molar refractivity (Wildman–Crippen MR) is 90.0 cm³/mol. The summed E-state index contributed by atoms with van der Waals surface area (Å²) in [6.07, 6.45) is 6.21. The van der Waals surface area contributed by atoms with Gasteiger partial charge in [0.05, 0.1) is 0 Å². The topological polar surface area (TPSA) is 46.3 Å². The van der Waals surface area contributed by atoms with Crippen molar-refractivity contribution >= 4 is 5.91 Å². The molecule has 1 atom stereocenters. The Morgan fingerprint density at radius 3 is 2.24 bits per heavy atom. The van der Waals surface area contributed by atoms with Crippen LogP contribution in [0.2, 0.25) is 0 Å². The minimum absolute atomic E-state index is 0.238. The van der Waals surface area contributed by atoms with Gasteiger partial charge in [-0.25, -0.2) is 0 Å². The molecule has 0 aromatic carbocycles. The lowest BCUT2D eigenvalue weighted by Gasteiger charge is -2.31. The molecule has 21 heavy (non-hydrogen) atoms. The normalized spacial score (nSPS) is 17.1. The Morgan fingerprint density at radius 2 is 1.81 bits per heavy atom. The summed E-state index contributed by atoms with van der Waals surface area (Å²) in [6, 6.07) is 0.541. The number of rotatable bonds is 9. The van der Waals surface area contributed by atoms with Crippen LogP contribution in [0.1, 0.15) is 73.1 Å². The van der Waals surface area contributed by atoms with Crippen LogP contribution in [0.25, 0.3) is 0 Å². The molecule has 1 amide bonds. The highest BCUT2D eigenvalue weighted by Gasteiger charge is 2.33. The maximum absolute atomic E-state index is 12.6. The van der Waals surface area contributed by atoms with Gasteiger partial charge in [0.1, 0.15) is 0 Å². The van der Waals surface area contributed by atoms with E-state index in [4.69, 9.17) is 5.73 Å². The van der Waals surface area contributed by atoms with E-state index in [2.05, 4.69) is 39.5 Å². The molecule has 0 saturated heterocycles. The summed E-state index contributed by atoms with van der Waals surface area (Å²) in [7, 11) is 0. The highest BCUT2D eigenvalue weighted by Crippen LogP contribution is 2.33. The van der Waals surface area contributed by atoms with Gasteiger partial charge in [-0.2, -0.15) is 0 Å². The molecule has 1 aliphatic carbocycles. The number of hydrogen-bond acceptors (Lipinski definition) is 2. The van der Waals surface area contributed by atoms with E-state index < -0.39 is 0 Å². The van der Waals surface area contributed by atoms with Crippen LogP contribution in [0.15, 0.2) is 0 Å². The number of hydrogen-bond donors (Lipinski definition) is 1. The molecule has 0 aromatic rings. The first-order valence-corrected chi connectivity index (χ1v) is 8.75. The van der Waals surface area contributed by atoms with Gasteiger partial charge >= 0.3 is 0 Å². The first kappa shape index (κ1) is 18.5. The smallest absolute Gasteiger partial charge is 0.222 e. The van der Waals surface area contributed by atoms with Crippen molar-refractivity contribution < 1.29 is 4.79 Å². The van der Waals surface area contributed by atoms with Crippen molar-refractivity contribution in [3.8, 4) is 0 Å². The van der Waals surface area contributed by atoms with Crippen LogP contribution in [0.4, 0.5) is 0 Å². The molecule has 3 nitrogen and oxygen atoms in total. The molecule has 124 valence electrons. The Morgan fingerprint density at radius 1 is 1.19 bits per heavy atom. The van der Waals surface area contributed by atoms with Crippen LogP contribution in [0.3, 0.4) is 0 Å². The highest BCUT2D eigenvalue weighted by atomic mass is 16.2. The monoisotopic (exact) mass is 296 g/mol. The largest absolute Gasteiger partial charge is 0.340 e. The van der Waals surface area contributed by atoms with E-state index in [1.54, 1.807) is 0 Å². The van der Waals surface area contributed by atoms with Crippen LogP contribution in [0, 0.1) is 17.3 Å². The van der Waals surface area contributed by atoms with E-state index in [1.165, 1.54) is 12.8 Å². The van der Waals surface area contributed by atoms with Crippen LogP contribution < -0.4 is 5.73 Å². The number of carbonyl (C=O) groups excluding carboxylic acids is 1. The summed E-state index contributed by atoms with van der Waals surface area (Å²) < 4.78 is 0. The molecule has 0 spiro atoms. The highest BCUT2D eigenvalue weighted by molar-refractivity contribution is 5.76. The van der Waals surface area contributed by atoms with Crippen molar-refractivity contribution in [2.24, 2.45) is 23.0 Å². The van der Waals surface area contributed by atoms with Crippen LogP contribution in [-0.4, -0.2) is 29.9 Å². The van der Waals surface area contributed by atoms with E-state index in [9.17, 15) is 4.79 Å². The fraction of sp³-hybridized carbons (Fsp3) is 0.944. The van der Waals surface area contributed by atoms with E-state index in [-0.39, 0.29) is 5.41 Å². The molecular formula is C18H36N2O. The first-order chi connectivity index (χ1) is 9.75. The lowest BCUT2D eigenvalue weighted by Crippen LogP contribution is -2.35. The number of nitrogens with zero attached hydrogens (tertiary/aromatic N) is 1. The molecule has 1 rings (SSSR count). The third kappa shape index (κ3) is 6.82. The molecule has 0 aliphatic heterocycles. The lowest BCUT2D eigenvalue weighted by molar-refractivity contribution is -0.132. The summed E-state index contributed by atoms with van der Waals surface area (Å²) in [4.78, 5) is 14.7. The Labute approximate surface area is 131 Å². The summed E-state index contributed by atoms with van der Waals surface area (Å²) in [5.41, 5.74) is 5.97. The van der Waals surface area contributed by atoms with E-state index in [1.807, 2.05) is 0 Å². The Bertz CT molecular complexity index is 316. The number of nitrogens with two attached hydrogens (primary N) is 1. The second kappa shape index (κ2) is 8.17. The second-order valence-electron chi connectivity index (χ2n) is 8.18. The van der Waals surface area contributed by atoms with Crippen molar-refractivity contribution in [3.63, 3.8) is 0 Å². The van der Waals surface area contributed by atoms with Crippen LogP contribution >= 0.6 is 0 Å². The molecule has 3 heteroatoms. The van der Waals surface area contributed by atoms with Crippen LogP contribution in [0.5, 0.6) is 0 Å².